The number of para-hydroxylation sites is 2. The van der Waals surface area contributed by atoms with Crippen molar-refractivity contribution < 1.29 is 18.7 Å². The van der Waals surface area contributed by atoms with E-state index in [9.17, 15) is 14.4 Å². The van der Waals surface area contributed by atoms with Crippen LogP contribution in [0.1, 0.15) is 28.1 Å². The SMILES string of the molecule is COCCCN1C(=O)c2oc3ccccc3c(=O)c2[C@]12C(=O)N(C)c1ccccc12. The Kier molecular flexibility index (Phi) is 4.04. The molecule has 30 heavy (non-hydrogen) atoms. The van der Waals surface area contributed by atoms with Gasteiger partial charge in [-0.15, -0.1) is 0 Å². The number of ether oxygens (including phenoxy) is 1. The zero-order valence-electron chi connectivity index (χ0n) is 16.7. The van der Waals surface area contributed by atoms with Crippen molar-refractivity contribution in [3.8, 4) is 0 Å². The maximum absolute atomic E-state index is 13.7. The zero-order chi connectivity index (χ0) is 21.0. The fourth-order valence-electron chi connectivity index (χ4n) is 4.71. The van der Waals surface area contributed by atoms with Crippen LogP contribution in [-0.4, -0.2) is 44.0 Å². The topological polar surface area (TPSA) is 80.1 Å². The summed E-state index contributed by atoms with van der Waals surface area (Å²) in [6, 6.07) is 14.1. The lowest BCUT2D eigenvalue weighted by Crippen LogP contribution is -2.53. The smallest absolute Gasteiger partial charge is 0.291 e. The third-order valence-electron chi connectivity index (χ3n) is 6.00. The first-order valence-corrected chi connectivity index (χ1v) is 9.78. The predicted octanol–water partition coefficient (Wildman–Crippen LogP) is 2.51. The fourth-order valence-corrected chi connectivity index (χ4v) is 4.71. The second-order valence-electron chi connectivity index (χ2n) is 7.53. The van der Waals surface area contributed by atoms with Gasteiger partial charge in [0.1, 0.15) is 5.58 Å². The molecule has 0 fully saturated rings. The Labute approximate surface area is 172 Å². The number of methoxy groups -OCH3 is 1. The maximum Gasteiger partial charge on any atom is 0.291 e. The molecule has 0 unspecified atom stereocenters. The normalized spacial score (nSPS) is 19.8. The first-order chi connectivity index (χ1) is 14.5. The van der Waals surface area contributed by atoms with E-state index >= 15 is 0 Å². The van der Waals surface area contributed by atoms with Crippen molar-refractivity contribution in [1.29, 1.82) is 0 Å². The summed E-state index contributed by atoms with van der Waals surface area (Å²) in [4.78, 5) is 43.9. The van der Waals surface area contributed by atoms with Crippen molar-refractivity contribution in [2.45, 2.75) is 12.0 Å². The van der Waals surface area contributed by atoms with Gasteiger partial charge < -0.3 is 19.0 Å². The van der Waals surface area contributed by atoms with Gasteiger partial charge in [-0.05, 0) is 24.6 Å². The van der Waals surface area contributed by atoms with Crippen molar-refractivity contribution in [3.05, 3.63) is 75.6 Å². The van der Waals surface area contributed by atoms with Gasteiger partial charge in [-0.3, -0.25) is 14.4 Å². The minimum absolute atomic E-state index is 0.0606. The summed E-state index contributed by atoms with van der Waals surface area (Å²) in [6.07, 6.45) is 0.519. The van der Waals surface area contributed by atoms with Crippen LogP contribution in [-0.2, 0) is 15.1 Å². The number of hydrogen-bond donors (Lipinski definition) is 0. The van der Waals surface area contributed by atoms with Crippen LogP contribution in [0, 0.1) is 0 Å². The number of anilines is 1. The van der Waals surface area contributed by atoms with Gasteiger partial charge >= 0.3 is 0 Å². The van der Waals surface area contributed by atoms with Gasteiger partial charge in [0, 0.05) is 38.6 Å². The third kappa shape index (κ3) is 2.15. The molecule has 0 radical (unpaired) electrons. The second-order valence-corrected chi connectivity index (χ2v) is 7.53. The summed E-state index contributed by atoms with van der Waals surface area (Å²) in [6.45, 7) is 0.672. The van der Waals surface area contributed by atoms with Gasteiger partial charge in [0.05, 0.1) is 10.9 Å². The maximum atomic E-state index is 13.7. The molecule has 0 saturated carbocycles. The number of fused-ring (bicyclic) bond motifs is 5. The van der Waals surface area contributed by atoms with Crippen LogP contribution >= 0.6 is 0 Å². The number of nitrogens with zero attached hydrogens (tertiary/aromatic N) is 2. The minimum atomic E-state index is -1.53. The largest absolute Gasteiger partial charge is 0.450 e. The first-order valence-electron chi connectivity index (χ1n) is 9.78. The van der Waals surface area contributed by atoms with Gasteiger partial charge in [0.15, 0.2) is 11.0 Å². The number of hydrogen-bond acceptors (Lipinski definition) is 5. The molecule has 2 amide bonds. The molecule has 5 rings (SSSR count). The summed E-state index contributed by atoms with van der Waals surface area (Å²) in [7, 11) is 3.24. The van der Waals surface area contributed by atoms with Gasteiger partial charge in [-0.2, -0.15) is 0 Å². The molecule has 2 aromatic carbocycles. The van der Waals surface area contributed by atoms with E-state index in [-0.39, 0.29) is 29.2 Å². The van der Waals surface area contributed by atoms with E-state index in [1.165, 1.54) is 9.80 Å². The Morgan fingerprint density at radius 2 is 1.77 bits per heavy atom. The lowest BCUT2D eigenvalue weighted by Gasteiger charge is -2.33. The quantitative estimate of drug-likeness (QED) is 0.625. The zero-order valence-corrected chi connectivity index (χ0v) is 16.7. The first kappa shape index (κ1) is 18.6. The Morgan fingerprint density at radius 3 is 2.57 bits per heavy atom. The Bertz CT molecular complexity index is 1260. The molecule has 1 spiro atoms. The molecule has 3 aromatic rings. The van der Waals surface area contributed by atoms with Gasteiger partial charge in [-0.25, -0.2) is 0 Å². The van der Waals surface area contributed by atoms with Crippen LogP contribution in [0.4, 0.5) is 5.69 Å². The predicted molar refractivity (Wildman–Crippen MR) is 111 cm³/mol. The standard InChI is InChI=1S/C23H20N2O5/c1-24-16-10-5-4-9-15(16)23(22(24)28)18-19(26)14-8-3-6-11-17(14)30-20(18)21(27)25(23)12-7-13-29-2/h3-6,8-11H,7,12-13H2,1-2H3/t23-/m1/s1. The molecule has 0 saturated heterocycles. The Hall–Kier alpha value is -3.45. The molecule has 7 heteroatoms. The molecule has 1 atom stereocenters. The van der Waals surface area contributed by atoms with Crippen molar-refractivity contribution >= 4 is 28.5 Å². The molecule has 1 aromatic heterocycles. The molecule has 3 heterocycles. The molecule has 0 N–H and O–H groups in total. The van der Waals surface area contributed by atoms with Crippen molar-refractivity contribution in [2.24, 2.45) is 0 Å². The molecule has 2 aliphatic rings. The monoisotopic (exact) mass is 404 g/mol. The fraction of sp³-hybridized carbons (Fsp3) is 0.261. The molecule has 0 bridgehead atoms. The van der Waals surface area contributed by atoms with Crippen LogP contribution in [0.3, 0.4) is 0 Å². The lowest BCUT2D eigenvalue weighted by molar-refractivity contribution is -0.125. The van der Waals surface area contributed by atoms with Gasteiger partial charge in [-0.1, -0.05) is 30.3 Å². The second kappa shape index (κ2) is 6.53. The summed E-state index contributed by atoms with van der Waals surface area (Å²) in [5.74, 6) is -0.854. The van der Waals surface area contributed by atoms with E-state index in [4.69, 9.17) is 9.15 Å². The minimum Gasteiger partial charge on any atom is -0.450 e. The highest BCUT2D eigenvalue weighted by molar-refractivity contribution is 6.16. The molecular formula is C23H20N2O5. The highest BCUT2D eigenvalue weighted by Crippen LogP contribution is 2.51. The van der Waals surface area contributed by atoms with Crippen molar-refractivity contribution in [2.75, 3.05) is 32.2 Å². The summed E-state index contributed by atoms with van der Waals surface area (Å²) >= 11 is 0. The van der Waals surface area contributed by atoms with Crippen LogP contribution in [0.5, 0.6) is 0 Å². The molecule has 2 aliphatic heterocycles. The van der Waals surface area contributed by atoms with Crippen molar-refractivity contribution in [3.63, 3.8) is 0 Å². The van der Waals surface area contributed by atoms with E-state index < -0.39 is 11.4 Å². The Balaban J connectivity index is 1.87. The number of carbonyl (C=O) groups is 2. The average Bonchev–Trinajstić information content (AvgIpc) is 3.14. The van der Waals surface area contributed by atoms with E-state index in [0.29, 0.717) is 35.2 Å². The van der Waals surface area contributed by atoms with Crippen LogP contribution < -0.4 is 10.3 Å². The van der Waals surface area contributed by atoms with Crippen molar-refractivity contribution in [1.82, 2.24) is 4.90 Å². The lowest BCUT2D eigenvalue weighted by atomic mass is 9.84. The third-order valence-corrected chi connectivity index (χ3v) is 6.00. The summed E-state index contributed by atoms with van der Waals surface area (Å²) in [5.41, 5.74) is -0.165. The molecule has 152 valence electrons. The molecule has 7 nitrogen and oxygen atoms in total. The number of amides is 2. The average molecular weight is 404 g/mol. The molecular weight excluding hydrogens is 384 g/mol. The number of likely N-dealkylation sites (N-methyl/N-ethyl adjacent to an activating group) is 1. The number of rotatable bonds is 4. The highest BCUT2D eigenvalue weighted by atomic mass is 16.5. The van der Waals surface area contributed by atoms with Crippen LogP contribution in [0.25, 0.3) is 11.0 Å². The van der Waals surface area contributed by atoms with Gasteiger partial charge in [0.25, 0.3) is 11.8 Å². The van der Waals surface area contributed by atoms with E-state index in [0.717, 1.165) is 0 Å². The number of benzene rings is 2. The number of carbonyl (C=O) groups excluding carboxylic acids is 2. The Morgan fingerprint density at radius 1 is 1.03 bits per heavy atom. The van der Waals surface area contributed by atoms with Gasteiger partial charge in [0.2, 0.25) is 5.76 Å². The van der Waals surface area contributed by atoms with E-state index in [1.807, 2.05) is 18.2 Å². The van der Waals surface area contributed by atoms with Crippen LogP contribution in [0.15, 0.2) is 57.7 Å². The van der Waals surface area contributed by atoms with Crippen LogP contribution in [0.2, 0.25) is 0 Å². The van der Waals surface area contributed by atoms with E-state index in [2.05, 4.69) is 0 Å². The highest BCUT2D eigenvalue weighted by Gasteiger charge is 2.64. The van der Waals surface area contributed by atoms with E-state index in [1.54, 1.807) is 44.5 Å². The molecule has 0 aliphatic carbocycles. The summed E-state index contributed by atoms with van der Waals surface area (Å²) < 4.78 is 11.1. The summed E-state index contributed by atoms with van der Waals surface area (Å²) in [5, 5.41) is 0.349.